The van der Waals surface area contributed by atoms with E-state index >= 15 is 0 Å². The fourth-order valence-electron chi connectivity index (χ4n) is 1.50. The summed E-state index contributed by atoms with van der Waals surface area (Å²) >= 11 is 1.58. The lowest BCUT2D eigenvalue weighted by Gasteiger charge is -2.12. The Labute approximate surface area is 120 Å². The van der Waals surface area contributed by atoms with Crippen LogP contribution in [-0.4, -0.2) is 30.4 Å². The molecular formula is C15H23NO2S. The molecule has 0 aromatic heterocycles. The molecule has 0 saturated carbocycles. The first-order chi connectivity index (χ1) is 9.09. The fourth-order valence-corrected chi connectivity index (χ4v) is 2.42. The minimum Gasteiger partial charge on any atom is -0.379 e. The van der Waals surface area contributed by atoms with Gasteiger partial charge in [-0.2, -0.15) is 0 Å². The van der Waals surface area contributed by atoms with Crippen molar-refractivity contribution in [3.05, 3.63) is 30.3 Å². The van der Waals surface area contributed by atoms with Gasteiger partial charge in [0.1, 0.15) is 0 Å². The van der Waals surface area contributed by atoms with E-state index in [4.69, 9.17) is 4.74 Å². The van der Waals surface area contributed by atoms with E-state index in [9.17, 15) is 4.79 Å². The van der Waals surface area contributed by atoms with Crippen molar-refractivity contribution in [2.45, 2.75) is 43.4 Å². The van der Waals surface area contributed by atoms with Crippen LogP contribution in [0.15, 0.2) is 35.2 Å². The first kappa shape index (κ1) is 16.1. The second-order valence-electron chi connectivity index (χ2n) is 4.64. The van der Waals surface area contributed by atoms with Gasteiger partial charge in [0.05, 0.1) is 11.4 Å². The van der Waals surface area contributed by atoms with Gasteiger partial charge in [-0.3, -0.25) is 4.79 Å². The van der Waals surface area contributed by atoms with E-state index in [1.165, 1.54) is 0 Å². The molecule has 0 bridgehead atoms. The molecular weight excluding hydrogens is 258 g/mol. The number of carbonyl (C=O) groups is 1. The third-order valence-electron chi connectivity index (χ3n) is 2.50. The Morgan fingerprint density at radius 1 is 1.26 bits per heavy atom. The van der Waals surface area contributed by atoms with Crippen LogP contribution in [0.5, 0.6) is 0 Å². The van der Waals surface area contributed by atoms with Gasteiger partial charge in [-0.05, 0) is 39.3 Å². The average molecular weight is 281 g/mol. The third-order valence-corrected chi connectivity index (χ3v) is 3.61. The van der Waals surface area contributed by atoms with Crippen LogP contribution in [0.2, 0.25) is 0 Å². The SMILES string of the molecule is CC(C)OCCCNC(=O)[C@@H](C)Sc1ccccc1. The van der Waals surface area contributed by atoms with Crippen molar-refractivity contribution >= 4 is 17.7 Å². The lowest BCUT2D eigenvalue weighted by molar-refractivity contribution is -0.120. The zero-order valence-electron chi connectivity index (χ0n) is 11.9. The standard InChI is InChI=1S/C15H23NO2S/c1-12(2)18-11-7-10-16-15(17)13(3)19-14-8-5-4-6-9-14/h4-6,8-9,12-13H,7,10-11H2,1-3H3,(H,16,17)/t13-/m1/s1. The highest BCUT2D eigenvalue weighted by Crippen LogP contribution is 2.22. The van der Waals surface area contributed by atoms with Gasteiger partial charge in [-0.25, -0.2) is 0 Å². The number of benzene rings is 1. The quantitative estimate of drug-likeness (QED) is 0.588. The van der Waals surface area contributed by atoms with Gasteiger partial charge in [-0.1, -0.05) is 18.2 Å². The Morgan fingerprint density at radius 3 is 2.58 bits per heavy atom. The van der Waals surface area contributed by atoms with Crippen molar-refractivity contribution in [3.8, 4) is 0 Å². The Balaban J connectivity index is 2.18. The number of nitrogens with one attached hydrogen (secondary N) is 1. The van der Waals surface area contributed by atoms with Crippen LogP contribution in [0.1, 0.15) is 27.2 Å². The number of hydrogen-bond donors (Lipinski definition) is 1. The van der Waals surface area contributed by atoms with Crippen LogP contribution in [0.25, 0.3) is 0 Å². The van der Waals surface area contributed by atoms with Crippen LogP contribution < -0.4 is 5.32 Å². The van der Waals surface area contributed by atoms with Gasteiger partial charge >= 0.3 is 0 Å². The summed E-state index contributed by atoms with van der Waals surface area (Å²) in [5.74, 6) is 0.0819. The lowest BCUT2D eigenvalue weighted by atomic mass is 10.4. The Hall–Kier alpha value is -1.00. The maximum absolute atomic E-state index is 11.9. The first-order valence-corrected chi connectivity index (χ1v) is 7.58. The Bertz CT molecular complexity index is 368. The number of amides is 1. The van der Waals surface area contributed by atoms with Gasteiger partial charge in [0.2, 0.25) is 5.91 Å². The molecule has 1 atom stereocenters. The Morgan fingerprint density at radius 2 is 1.95 bits per heavy atom. The highest BCUT2D eigenvalue weighted by atomic mass is 32.2. The van der Waals surface area contributed by atoms with Gasteiger partial charge in [0.15, 0.2) is 0 Å². The fraction of sp³-hybridized carbons (Fsp3) is 0.533. The summed E-state index contributed by atoms with van der Waals surface area (Å²) in [5.41, 5.74) is 0. The zero-order valence-corrected chi connectivity index (χ0v) is 12.7. The van der Waals surface area contributed by atoms with Crippen LogP contribution >= 0.6 is 11.8 Å². The molecule has 0 aliphatic carbocycles. The van der Waals surface area contributed by atoms with E-state index in [1.54, 1.807) is 11.8 Å². The predicted octanol–water partition coefficient (Wildman–Crippen LogP) is 3.10. The van der Waals surface area contributed by atoms with Crippen molar-refractivity contribution in [2.75, 3.05) is 13.2 Å². The second-order valence-corrected chi connectivity index (χ2v) is 6.05. The van der Waals surface area contributed by atoms with Crippen LogP contribution in [0.4, 0.5) is 0 Å². The number of hydrogen-bond acceptors (Lipinski definition) is 3. The summed E-state index contributed by atoms with van der Waals surface area (Å²) in [6, 6.07) is 9.98. The van der Waals surface area contributed by atoms with E-state index in [0.717, 1.165) is 11.3 Å². The highest BCUT2D eigenvalue weighted by Gasteiger charge is 2.13. The second kappa shape index (κ2) is 8.99. The molecule has 19 heavy (non-hydrogen) atoms. The molecule has 0 unspecified atom stereocenters. The van der Waals surface area contributed by atoms with Gasteiger partial charge in [0, 0.05) is 18.0 Å². The summed E-state index contributed by atoms with van der Waals surface area (Å²) in [6.45, 7) is 7.31. The minimum atomic E-state index is -0.0755. The molecule has 0 heterocycles. The maximum atomic E-state index is 11.9. The van der Waals surface area contributed by atoms with Gasteiger partial charge in [0.25, 0.3) is 0 Å². The third kappa shape index (κ3) is 7.23. The zero-order chi connectivity index (χ0) is 14.1. The highest BCUT2D eigenvalue weighted by molar-refractivity contribution is 8.00. The predicted molar refractivity (Wildman–Crippen MR) is 80.5 cm³/mol. The smallest absolute Gasteiger partial charge is 0.233 e. The van der Waals surface area contributed by atoms with E-state index in [2.05, 4.69) is 5.32 Å². The van der Waals surface area contributed by atoms with Crippen molar-refractivity contribution in [1.29, 1.82) is 0 Å². The number of carbonyl (C=O) groups excluding carboxylic acids is 1. The van der Waals surface area contributed by atoms with Crippen LogP contribution in [-0.2, 0) is 9.53 Å². The summed E-state index contributed by atoms with van der Waals surface area (Å²) < 4.78 is 5.42. The number of rotatable bonds is 8. The maximum Gasteiger partial charge on any atom is 0.233 e. The molecule has 1 amide bonds. The molecule has 0 saturated heterocycles. The van der Waals surface area contributed by atoms with Crippen LogP contribution in [0.3, 0.4) is 0 Å². The molecule has 0 radical (unpaired) electrons. The lowest BCUT2D eigenvalue weighted by Crippen LogP contribution is -2.32. The molecule has 1 rings (SSSR count). The van der Waals surface area contributed by atoms with Crippen molar-refractivity contribution in [3.63, 3.8) is 0 Å². The summed E-state index contributed by atoms with van der Waals surface area (Å²) in [7, 11) is 0. The topological polar surface area (TPSA) is 38.3 Å². The largest absolute Gasteiger partial charge is 0.379 e. The monoisotopic (exact) mass is 281 g/mol. The van der Waals surface area contributed by atoms with Crippen molar-refractivity contribution in [1.82, 2.24) is 5.32 Å². The van der Waals surface area contributed by atoms with E-state index in [1.807, 2.05) is 51.1 Å². The molecule has 0 fully saturated rings. The number of thioether (sulfide) groups is 1. The minimum absolute atomic E-state index is 0.0755. The normalized spacial score (nSPS) is 12.4. The summed E-state index contributed by atoms with van der Waals surface area (Å²) in [5, 5.41) is 2.86. The molecule has 106 valence electrons. The average Bonchev–Trinajstić information content (AvgIpc) is 2.38. The molecule has 1 aromatic carbocycles. The molecule has 4 heteroatoms. The van der Waals surface area contributed by atoms with E-state index in [-0.39, 0.29) is 17.3 Å². The van der Waals surface area contributed by atoms with Gasteiger partial charge < -0.3 is 10.1 Å². The van der Waals surface area contributed by atoms with Gasteiger partial charge in [-0.15, -0.1) is 11.8 Å². The molecule has 0 aliphatic rings. The first-order valence-electron chi connectivity index (χ1n) is 6.70. The number of ether oxygens (including phenoxy) is 1. The van der Waals surface area contributed by atoms with E-state index in [0.29, 0.717) is 13.2 Å². The summed E-state index contributed by atoms with van der Waals surface area (Å²) in [6.07, 6.45) is 1.11. The van der Waals surface area contributed by atoms with Crippen molar-refractivity contribution in [2.24, 2.45) is 0 Å². The van der Waals surface area contributed by atoms with E-state index < -0.39 is 0 Å². The summed E-state index contributed by atoms with van der Waals surface area (Å²) in [4.78, 5) is 13.0. The molecule has 1 aromatic rings. The molecule has 3 nitrogen and oxygen atoms in total. The molecule has 1 N–H and O–H groups in total. The van der Waals surface area contributed by atoms with Crippen molar-refractivity contribution < 1.29 is 9.53 Å². The molecule has 0 aliphatic heterocycles. The molecule has 0 spiro atoms. The Kier molecular flexibility index (Phi) is 7.60. The van der Waals surface area contributed by atoms with Crippen LogP contribution in [0, 0.1) is 0 Å².